The molecule has 6 amide bonds. The van der Waals surface area contributed by atoms with E-state index < -0.39 is 72.9 Å². The number of nitrogens with one attached hydrogen (secondary N) is 7. The zero-order valence-corrected chi connectivity index (χ0v) is 33.1. The number of aromatic amines is 2. The Balaban J connectivity index is 1.35. The lowest BCUT2D eigenvalue weighted by molar-refractivity contribution is -0.139. The van der Waals surface area contributed by atoms with Gasteiger partial charge in [0.05, 0.1) is 19.4 Å². The van der Waals surface area contributed by atoms with Gasteiger partial charge in [0.2, 0.25) is 29.5 Å². The number of carbonyl (C=O) groups is 6. The molecule has 0 aliphatic rings. The van der Waals surface area contributed by atoms with E-state index >= 15 is 0 Å². The highest BCUT2D eigenvalue weighted by molar-refractivity contribution is 5.98. The Labute approximate surface area is 346 Å². The third-order valence-corrected chi connectivity index (χ3v) is 9.64. The summed E-state index contributed by atoms with van der Waals surface area (Å²) in [6.45, 7) is -0.394. The topological polar surface area (TPSA) is 288 Å². The van der Waals surface area contributed by atoms with Crippen molar-refractivity contribution in [2.24, 2.45) is 17.2 Å². The summed E-state index contributed by atoms with van der Waals surface area (Å²) in [6, 6.07) is 21.4. The van der Waals surface area contributed by atoms with Crippen molar-refractivity contribution in [1.29, 1.82) is 0 Å². The number of H-pyrrole nitrogens is 2. The first-order valence-corrected chi connectivity index (χ1v) is 19.6. The zero-order valence-electron chi connectivity index (χ0n) is 33.1. The molecule has 0 aliphatic heterocycles. The second kappa shape index (κ2) is 22.3. The molecular weight excluding hydrogens is 769 g/mol. The van der Waals surface area contributed by atoms with Crippen molar-refractivity contribution < 1.29 is 28.8 Å². The quantitative estimate of drug-likeness (QED) is 0.0303. The zero-order chi connectivity index (χ0) is 42.9. The van der Waals surface area contributed by atoms with Crippen LogP contribution in [0.25, 0.3) is 10.9 Å². The predicted molar refractivity (Wildman–Crippen MR) is 224 cm³/mol. The number of aromatic nitrogens is 3. The molecule has 0 saturated carbocycles. The third kappa shape index (κ3) is 13.6. The lowest BCUT2D eigenvalue weighted by atomic mass is 10.0. The minimum absolute atomic E-state index is 0.0202. The molecule has 18 nitrogen and oxygen atoms in total. The fourth-order valence-corrected chi connectivity index (χ4v) is 6.63. The lowest BCUT2D eigenvalue weighted by Gasteiger charge is -2.29. The predicted octanol–water partition coefficient (Wildman–Crippen LogP) is -0.312. The van der Waals surface area contributed by atoms with Crippen molar-refractivity contribution in [1.82, 2.24) is 46.4 Å². The fourth-order valence-electron chi connectivity index (χ4n) is 6.63. The molecule has 0 spiro atoms. The van der Waals surface area contributed by atoms with E-state index in [1.807, 2.05) is 36.5 Å². The Kier molecular flexibility index (Phi) is 16.4. The van der Waals surface area contributed by atoms with Gasteiger partial charge in [-0.15, -0.1) is 0 Å². The van der Waals surface area contributed by atoms with Gasteiger partial charge in [0.1, 0.15) is 24.4 Å². The van der Waals surface area contributed by atoms with E-state index in [9.17, 15) is 28.8 Å². The second-order valence-electron chi connectivity index (χ2n) is 14.2. The summed E-state index contributed by atoms with van der Waals surface area (Å²) in [5, 5.41) is 14.7. The standard InChI is InChI=1S/C42H52N12O6/c43-36(55)25-54(19-17-29-22-48-32-15-8-7-14-31(29)32)41(60)33(16-9-18-47-42(44)45)52-39(58)34(20-27-10-3-1-4-11-27)53-40(59)35(21-30-23-46-26-50-30)51-37(56)24-49-38(57)28-12-5-2-6-13-28/h1-8,10-15,22-23,26,33-35,42,47-48H,9,16-21,24-25,44-45H2,(H2,43,55)(H,46,50)(H,49,57)(H,51,56)(H,52,58)(H,53,59)/t33-,34+,35-/m0/s1. The highest BCUT2D eigenvalue weighted by Gasteiger charge is 2.32. The molecule has 5 rings (SSSR count). The average molecular weight is 821 g/mol. The van der Waals surface area contributed by atoms with Crippen LogP contribution in [0.4, 0.5) is 0 Å². The van der Waals surface area contributed by atoms with E-state index in [4.69, 9.17) is 17.2 Å². The van der Waals surface area contributed by atoms with Crippen molar-refractivity contribution in [3.63, 3.8) is 0 Å². The molecular formula is C42H52N12O6. The van der Waals surface area contributed by atoms with Gasteiger partial charge in [0.15, 0.2) is 0 Å². The average Bonchev–Trinajstić information content (AvgIpc) is 3.92. The molecule has 3 aromatic carbocycles. The van der Waals surface area contributed by atoms with Crippen molar-refractivity contribution >= 4 is 46.3 Å². The van der Waals surface area contributed by atoms with Gasteiger partial charge >= 0.3 is 0 Å². The molecule has 0 saturated heterocycles. The Morgan fingerprint density at radius 3 is 2.12 bits per heavy atom. The van der Waals surface area contributed by atoms with Crippen LogP contribution in [0.5, 0.6) is 0 Å². The molecule has 0 fully saturated rings. The molecule has 0 aliphatic carbocycles. The molecule has 0 bridgehead atoms. The number of hydrogen-bond acceptors (Lipinski definition) is 10. The van der Waals surface area contributed by atoms with Gasteiger partial charge in [0.25, 0.3) is 5.91 Å². The van der Waals surface area contributed by atoms with Crippen LogP contribution in [0.2, 0.25) is 0 Å². The molecule has 60 heavy (non-hydrogen) atoms. The number of nitrogens with zero attached hydrogens (tertiary/aromatic N) is 2. The van der Waals surface area contributed by atoms with E-state index in [0.29, 0.717) is 36.2 Å². The van der Waals surface area contributed by atoms with E-state index in [-0.39, 0.29) is 25.8 Å². The highest BCUT2D eigenvalue weighted by atomic mass is 16.2. The number of rotatable bonds is 23. The Morgan fingerprint density at radius 2 is 1.43 bits per heavy atom. The van der Waals surface area contributed by atoms with E-state index in [0.717, 1.165) is 16.5 Å². The number of primary amides is 1. The molecule has 0 unspecified atom stereocenters. The van der Waals surface area contributed by atoms with Crippen LogP contribution >= 0.6 is 0 Å². The number of carbonyl (C=O) groups excluding carboxylic acids is 6. The van der Waals surface area contributed by atoms with Crippen LogP contribution in [-0.2, 0) is 43.2 Å². The van der Waals surface area contributed by atoms with Crippen LogP contribution in [0.1, 0.15) is 40.0 Å². The first-order valence-electron chi connectivity index (χ1n) is 19.6. The van der Waals surface area contributed by atoms with Crippen LogP contribution in [-0.4, -0.2) is 106 Å². The number of hydrogen-bond donors (Lipinski definition) is 10. The summed E-state index contributed by atoms with van der Waals surface area (Å²) in [5.41, 5.74) is 20.4. The van der Waals surface area contributed by atoms with Crippen molar-refractivity contribution in [2.75, 3.05) is 26.2 Å². The molecule has 3 atom stereocenters. The molecule has 2 aromatic heterocycles. The minimum atomic E-state index is -1.24. The number of benzene rings is 3. The number of fused-ring (bicyclic) bond motifs is 1. The molecule has 18 heteroatoms. The highest BCUT2D eigenvalue weighted by Crippen LogP contribution is 2.19. The van der Waals surface area contributed by atoms with Crippen LogP contribution in [0.3, 0.4) is 0 Å². The van der Waals surface area contributed by atoms with E-state index in [1.54, 1.807) is 54.6 Å². The minimum Gasteiger partial charge on any atom is -0.368 e. The number of para-hydroxylation sites is 1. The maximum absolute atomic E-state index is 14.3. The molecule has 316 valence electrons. The van der Waals surface area contributed by atoms with Crippen LogP contribution in [0, 0.1) is 0 Å². The van der Waals surface area contributed by atoms with Gasteiger partial charge in [-0.05, 0) is 55.1 Å². The van der Waals surface area contributed by atoms with Gasteiger partial charge < -0.3 is 53.3 Å². The second-order valence-corrected chi connectivity index (χ2v) is 14.2. The number of nitrogens with two attached hydrogens (primary N) is 3. The molecule has 0 radical (unpaired) electrons. The van der Waals surface area contributed by atoms with Crippen molar-refractivity contribution in [2.45, 2.75) is 56.5 Å². The first kappa shape index (κ1) is 44.2. The molecule has 13 N–H and O–H groups in total. The first-order chi connectivity index (χ1) is 29.0. The number of amides is 6. The van der Waals surface area contributed by atoms with Crippen molar-refractivity contribution in [3.8, 4) is 0 Å². The SMILES string of the molecule is NC(=O)CN(CCc1c[nH]c2ccccc12)C(=O)[C@H](CCCNC(N)N)NC(=O)[C@@H](Cc1ccccc1)NC(=O)[C@H](Cc1cnc[nH]1)NC(=O)CNC(=O)c1ccccc1. The van der Waals surface area contributed by atoms with Gasteiger partial charge in [-0.3, -0.25) is 34.1 Å². The summed E-state index contributed by atoms with van der Waals surface area (Å²) >= 11 is 0. The lowest BCUT2D eigenvalue weighted by Crippen LogP contribution is -2.59. The van der Waals surface area contributed by atoms with Gasteiger partial charge in [0, 0.05) is 53.9 Å². The Bertz CT molecular complexity index is 2180. The summed E-state index contributed by atoms with van der Waals surface area (Å²) in [4.78, 5) is 92.3. The largest absolute Gasteiger partial charge is 0.368 e. The summed E-state index contributed by atoms with van der Waals surface area (Å²) in [5.74, 6) is -3.80. The normalized spacial score (nSPS) is 12.6. The monoisotopic (exact) mass is 820 g/mol. The summed E-state index contributed by atoms with van der Waals surface area (Å²) in [7, 11) is 0. The summed E-state index contributed by atoms with van der Waals surface area (Å²) < 4.78 is 0. The fraction of sp³-hybridized carbons (Fsp3) is 0.310. The van der Waals surface area contributed by atoms with Crippen LogP contribution < -0.4 is 43.8 Å². The maximum Gasteiger partial charge on any atom is 0.251 e. The van der Waals surface area contributed by atoms with E-state index in [1.165, 1.54) is 17.4 Å². The summed E-state index contributed by atoms with van der Waals surface area (Å²) in [6.07, 6.45) is 4.81. The molecule has 2 heterocycles. The van der Waals surface area contributed by atoms with Gasteiger partial charge in [-0.25, -0.2) is 4.98 Å². The Hall–Kier alpha value is -6.89. The Morgan fingerprint density at radius 1 is 0.767 bits per heavy atom. The maximum atomic E-state index is 14.3. The van der Waals surface area contributed by atoms with Gasteiger partial charge in [-0.1, -0.05) is 66.7 Å². The van der Waals surface area contributed by atoms with Gasteiger partial charge in [-0.2, -0.15) is 0 Å². The van der Waals surface area contributed by atoms with Crippen LogP contribution in [0.15, 0.2) is 104 Å². The van der Waals surface area contributed by atoms with E-state index in [2.05, 4.69) is 41.5 Å². The van der Waals surface area contributed by atoms with Crippen molar-refractivity contribution in [3.05, 3.63) is 126 Å². The number of imidazole rings is 1. The smallest absolute Gasteiger partial charge is 0.251 e. The molecule has 5 aromatic rings. The third-order valence-electron chi connectivity index (χ3n) is 9.64.